The minimum atomic E-state index is -2.90. The summed E-state index contributed by atoms with van der Waals surface area (Å²) in [5.74, 6) is 1.22. The third kappa shape index (κ3) is 0.141. The molecule has 0 aromatic carbocycles. The van der Waals surface area contributed by atoms with Crippen molar-refractivity contribution in [3.05, 3.63) is 0 Å². The standard InChI is InChI=1S/C18H25NO.2C5H5.2Fe/c20-19-13-7-1-2-12-18(14-16-8-3-4-9-16)15-17-10-5-6-11-17;2*1-2-4-5-3-1;;/h3-6,8-11,18-20H,1-2,7,12-15H2;2*1-5H;;. The number of hydrogen-bond donors (Lipinski definition) is 2. The van der Waals surface area contributed by atoms with E-state index in [1.165, 1.54) is 33.8 Å². The molecule has 0 radical (unpaired) electrons. The van der Waals surface area contributed by atoms with Gasteiger partial charge in [0.1, 0.15) is 0 Å². The number of rotatable bonds is 10. The van der Waals surface area contributed by atoms with Gasteiger partial charge in [0.15, 0.2) is 0 Å². The summed E-state index contributed by atoms with van der Waals surface area (Å²) in [5, 5.41) is 9.03. The van der Waals surface area contributed by atoms with Crippen LogP contribution in [-0.2, 0) is 13.0 Å². The van der Waals surface area contributed by atoms with Crippen molar-refractivity contribution in [2.45, 2.75) is 134 Å². The molecule has 0 aromatic heterocycles. The molecule has 0 aromatic rings. The number of unbranched alkanes of at least 4 members (excludes halogenated alkanes) is 2. The normalized spacial score (nSPS) is 128. The molecule has 4 heteroatoms. The van der Waals surface area contributed by atoms with Crippen LogP contribution in [-0.4, -0.2) is 11.8 Å². The zero-order valence-corrected chi connectivity index (χ0v) is 20.8. The van der Waals surface area contributed by atoms with Crippen molar-refractivity contribution in [1.82, 2.24) is 5.48 Å². The first-order valence-electron chi connectivity index (χ1n) is 15.0. The molecule has 8 unspecified atom stereocenters. The van der Waals surface area contributed by atoms with E-state index in [1.807, 2.05) is 12.8 Å². The molecule has 20 saturated heterocycles. The zero-order chi connectivity index (χ0) is 19.3. The van der Waals surface area contributed by atoms with Gasteiger partial charge in [-0.1, -0.05) is 0 Å². The van der Waals surface area contributed by atoms with Crippen LogP contribution in [0.15, 0.2) is 0 Å². The summed E-state index contributed by atoms with van der Waals surface area (Å²) in [6.45, 7) is -4.97. The van der Waals surface area contributed by atoms with Crippen LogP contribution < -0.4 is 5.48 Å². The fraction of sp³-hybridized carbons (Fsp3) is 1.00. The van der Waals surface area contributed by atoms with Crippen molar-refractivity contribution in [2.24, 2.45) is 5.92 Å². The van der Waals surface area contributed by atoms with E-state index in [-0.39, 0.29) is 0 Å². The van der Waals surface area contributed by atoms with Gasteiger partial charge in [0.05, 0.1) is 0 Å². The minimum absolute atomic E-state index is 0.824. The van der Waals surface area contributed by atoms with Gasteiger partial charge in [-0.25, -0.2) is 0 Å². The Balaban J connectivity index is 0.816. The molecule has 32 heavy (non-hydrogen) atoms. The SMILES string of the molecule is ONCCCCCC(C[C]12[CH]3[CH]4[CH]5[CH]1[Fe]45321678[CH]2[CH]1[CH]6[CH]7[CH]28)C[C]12[CH]3[CH]4[CH]5[CH]1[Fe]45321678[CH]2[CH]1[CH]6[CH]7[CH]28. The molecule has 0 saturated carbocycles. The summed E-state index contributed by atoms with van der Waals surface area (Å²) in [6.07, 6.45) is 9.50. The van der Waals surface area contributed by atoms with Gasteiger partial charge in [-0.05, 0) is 0 Å². The number of hydroxylamine groups is 1. The maximum atomic E-state index is 9.03. The molecular weight excluding hydrogens is 478 g/mol. The van der Waals surface area contributed by atoms with Crippen LogP contribution >= 0.6 is 0 Å². The quantitative estimate of drug-likeness (QED) is 0.175. The van der Waals surface area contributed by atoms with E-state index in [0.29, 0.717) is 0 Å². The van der Waals surface area contributed by atoms with E-state index in [0.717, 1.165) is 6.54 Å². The fourth-order valence-electron chi connectivity index (χ4n) is 36.4. The predicted octanol–water partition coefficient (Wildman–Crippen LogP) is 8.44. The van der Waals surface area contributed by atoms with Crippen molar-refractivity contribution in [3.8, 4) is 0 Å². The molecule has 8 atom stereocenters. The summed E-state index contributed by atoms with van der Waals surface area (Å²) in [5.41, 5.74) is 2.43. The molecule has 2 nitrogen and oxygen atoms in total. The Hall–Kier alpha value is 0.959. The first kappa shape index (κ1) is 12.5. The average molecular weight is 513 g/mol. The average Bonchev–Trinajstić information content (AvgIpc) is 3.67. The van der Waals surface area contributed by atoms with E-state index in [4.69, 9.17) is 5.21 Å². The van der Waals surface area contributed by atoms with Gasteiger partial charge >= 0.3 is 170 Å². The second-order valence-corrected chi connectivity index (χ2v) is 70.0. The van der Waals surface area contributed by atoms with Crippen molar-refractivity contribution in [3.63, 3.8) is 0 Å². The molecule has 20 aliphatic rings. The van der Waals surface area contributed by atoms with E-state index >= 15 is 0 Å². The summed E-state index contributed by atoms with van der Waals surface area (Å²) >= 11 is 0. The second kappa shape index (κ2) is 1.09. The van der Waals surface area contributed by atoms with E-state index in [1.54, 1.807) is 93.1 Å². The van der Waals surface area contributed by atoms with Crippen LogP contribution in [0, 0.1) is 5.92 Å². The Kier molecular flexibility index (Phi) is 0.423. The molecule has 20 heterocycles. The first-order valence-corrected chi connectivity index (χ1v) is 27.6. The monoisotopic (exact) mass is 513 g/mol. The Labute approximate surface area is 169 Å². The fourth-order valence-corrected chi connectivity index (χ4v) is 187. The van der Waals surface area contributed by atoms with Crippen LogP contribution in [0.1, 0.15) is 38.5 Å². The third-order valence-corrected chi connectivity index (χ3v) is 119. The van der Waals surface area contributed by atoms with E-state index in [2.05, 4.69) is 5.48 Å². The molecule has 174 valence electrons. The van der Waals surface area contributed by atoms with E-state index in [9.17, 15) is 0 Å². The van der Waals surface area contributed by atoms with Gasteiger partial charge in [0.25, 0.3) is 0 Å². The maximum absolute atomic E-state index is 9.03. The molecular formula is C28H35Fe2NO. The summed E-state index contributed by atoms with van der Waals surface area (Å²) in [7, 11) is 0. The Bertz CT molecular complexity index is 1860. The second-order valence-electron chi connectivity index (χ2n) is 22.7. The van der Waals surface area contributed by atoms with Crippen molar-refractivity contribution in [1.29, 1.82) is 0 Å². The van der Waals surface area contributed by atoms with Gasteiger partial charge in [-0.3, -0.25) is 0 Å². The summed E-state index contributed by atoms with van der Waals surface area (Å²) in [6, 6.07) is 0. The third-order valence-electron chi connectivity index (χ3n) is 32.6. The zero-order valence-electron chi connectivity index (χ0n) is 18.6. The number of nitrogens with one attached hydrogen (secondary N) is 1. The van der Waals surface area contributed by atoms with Gasteiger partial charge in [0.2, 0.25) is 0 Å². The predicted molar refractivity (Wildman–Crippen MR) is 114 cm³/mol. The Morgan fingerprint density at radius 2 is 0.969 bits per heavy atom. The summed E-state index contributed by atoms with van der Waals surface area (Å²) in [4.78, 5) is 27.8. The molecule has 0 bridgehead atoms. The molecule has 0 amide bonds. The van der Waals surface area contributed by atoms with Gasteiger partial charge in [0, 0.05) is 0 Å². The van der Waals surface area contributed by atoms with Crippen molar-refractivity contribution < 1.29 is 18.2 Å². The molecule has 20 fully saturated rings. The topological polar surface area (TPSA) is 32.3 Å². The van der Waals surface area contributed by atoms with Gasteiger partial charge in [-0.15, -0.1) is 0 Å². The summed E-state index contributed by atoms with van der Waals surface area (Å²) < 4.78 is 2.40. The molecule has 2 spiro atoms. The molecule has 20 aliphatic heterocycles. The van der Waals surface area contributed by atoms with Crippen LogP contribution in [0.4, 0.5) is 0 Å². The molecule has 2 N–H and O–H groups in total. The number of hydrogen-bond acceptors (Lipinski definition) is 2. The molecule has 0 aliphatic carbocycles. The Morgan fingerprint density at radius 1 is 0.562 bits per heavy atom. The van der Waals surface area contributed by atoms with Crippen LogP contribution in [0.25, 0.3) is 0 Å². The van der Waals surface area contributed by atoms with Crippen molar-refractivity contribution >= 4 is 0 Å². The van der Waals surface area contributed by atoms with Crippen LogP contribution in [0.2, 0.25) is 95.3 Å². The van der Waals surface area contributed by atoms with Crippen LogP contribution in [0.5, 0.6) is 0 Å². The molecule has 20 rings (SSSR count). The van der Waals surface area contributed by atoms with E-state index < -0.39 is 13.0 Å². The first-order chi connectivity index (χ1) is 15.2. The van der Waals surface area contributed by atoms with Gasteiger partial charge < -0.3 is 0 Å². The number of fused-ring (bicyclic) bond motifs is 20. The Morgan fingerprint density at radius 3 is 1.25 bits per heavy atom. The van der Waals surface area contributed by atoms with Crippen LogP contribution in [0.3, 0.4) is 0 Å². The van der Waals surface area contributed by atoms with Gasteiger partial charge in [-0.2, -0.15) is 0 Å². The van der Waals surface area contributed by atoms with Crippen molar-refractivity contribution in [2.75, 3.05) is 6.54 Å².